The van der Waals surface area contributed by atoms with Gasteiger partial charge in [0.25, 0.3) is 5.69 Å². The van der Waals surface area contributed by atoms with E-state index >= 15 is 0 Å². The van der Waals surface area contributed by atoms with E-state index in [-0.39, 0.29) is 11.8 Å². The van der Waals surface area contributed by atoms with Gasteiger partial charge in [0.1, 0.15) is 5.75 Å². The molecule has 0 aromatic heterocycles. The minimum Gasteiger partial charge on any atom is -0.494 e. The molecule has 1 aliphatic rings. The van der Waals surface area contributed by atoms with Gasteiger partial charge in [0, 0.05) is 19.2 Å². The Morgan fingerprint density at radius 1 is 1.15 bits per heavy atom. The molecule has 0 saturated carbocycles. The smallest absolute Gasteiger partial charge is 0.273 e. The number of nitro benzene ring substituents is 1. The molecule has 1 aromatic rings. The van der Waals surface area contributed by atoms with Crippen LogP contribution in [0.3, 0.4) is 0 Å². The zero-order valence-corrected chi connectivity index (χ0v) is 18.7. The maximum Gasteiger partial charge on any atom is 0.273 e. The summed E-state index contributed by atoms with van der Waals surface area (Å²) in [4.78, 5) is 12.9. The molecule has 0 aliphatic carbocycles. The molecule has 1 unspecified atom stereocenters. The second kappa shape index (κ2) is 8.60. The van der Waals surface area contributed by atoms with Gasteiger partial charge in [-0.1, -0.05) is 41.5 Å². The summed E-state index contributed by atoms with van der Waals surface area (Å²) in [5.74, 6) is 0.546. The highest BCUT2D eigenvalue weighted by molar-refractivity contribution is 6.77. The van der Waals surface area contributed by atoms with Gasteiger partial charge < -0.3 is 14.1 Å². The van der Waals surface area contributed by atoms with Gasteiger partial charge in [0.2, 0.25) is 8.32 Å². The van der Waals surface area contributed by atoms with Crippen LogP contribution in [0.2, 0.25) is 16.6 Å². The number of nitrogens with zero attached hydrogens (tertiary/aromatic N) is 2. The Morgan fingerprint density at radius 3 is 2.22 bits per heavy atom. The van der Waals surface area contributed by atoms with E-state index in [1.54, 1.807) is 19.2 Å². The third kappa shape index (κ3) is 4.29. The average molecular weight is 395 g/mol. The first-order valence-corrected chi connectivity index (χ1v) is 12.0. The molecule has 0 amide bonds. The summed E-state index contributed by atoms with van der Waals surface area (Å²) in [6.45, 7) is 15.5. The zero-order valence-electron chi connectivity index (χ0n) is 17.7. The number of hydrogen-bond acceptors (Lipinski definition) is 5. The van der Waals surface area contributed by atoms with Crippen molar-refractivity contribution in [3.63, 3.8) is 0 Å². The SMILES string of the molecule is COc1cc([N+](=O)[O-])ccc1N1CCC(O[Si](C(C)C)(C(C)C)C(C)C)C1. The summed E-state index contributed by atoms with van der Waals surface area (Å²) in [6, 6.07) is 4.83. The summed E-state index contributed by atoms with van der Waals surface area (Å²) in [7, 11) is -0.360. The van der Waals surface area contributed by atoms with Crippen LogP contribution in [0.15, 0.2) is 18.2 Å². The first kappa shape index (κ1) is 21.7. The van der Waals surface area contributed by atoms with Crippen LogP contribution in [0.4, 0.5) is 11.4 Å². The van der Waals surface area contributed by atoms with Gasteiger partial charge in [-0.25, -0.2) is 0 Å². The van der Waals surface area contributed by atoms with Gasteiger partial charge in [0.15, 0.2) is 0 Å². The molecule has 0 N–H and O–H groups in total. The second-order valence-electron chi connectivity index (χ2n) is 8.41. The van der Waals surface area contributed by atoms with Crippen molar-refractivity contribution in [2.45, 2.75) is 70.7 Å². The van der Waals surface area contributed by atoms with Crippen LogP contribution in [0, 0.1) is 10.1 Å². The Kier molecular flexibility index (Phi) is 6.91. The largest absolute Gasteiger partial charge is 0.494 e. The second-order valence-corrected chi connectivity index (χ2v) is 13.8. The van der Waals surface area contributed by atoms with E-state index < -0.39 is 13.2 Å². The molecule has 1 atom stereocenters. The number of benzene rings is 1. The number of anilines is 1. The first-order valence-electron chi connectivity index (χ1n) is 9.88. The lowest BCUT2D eigenvalue weighted by atomic mass is 10.2. The molecule has 0 bridgehead atoms. The van der Waals surface area contributed by atoms with Crippen LogP contribution in [0.1, 0.15) is 48.0 Å². The van der Waals surface area contributed by atoms with Crippen molar-refractivity contribution in [1.29, 1.82) is 0 Å². The predicted molar refractivity (Wildman–Crippen MR) is 112 cm³/mol. The third-order valence-electron chi connectivity index (χ3n) is 5.94. The molecule has 2 rings (SSSR count). The zero-order chi connectivity index (χ0) is 20.4. The average Bonchev–Trinajstić information content (AvgIpc) is 3.06. The molecule has 1 aliphatic heterocycles. The lowest BCUT2D eigenvalue weighted by Crippen LogP contribution is -2.50. The van der Waals surface area contributed by atoms with Crippen molar-refractivity contribution in [1.82, 2.24) is 0 Å². The van der Waals surface area contributed by atoms with Crippen molar-refractivity contribution in [2.24, 2.45) is 0 Å². The highest BCUT2D eigenvalue weighted by Gasteiger charge is 2.47. The van der Waals surface area contributed by atoms with E-state index in [4.69, 9.17) is 9.16 Å². The molecule has 7 heteroatoms. The van der Waals surface area contributed by atoms with Crippen molar-refractivity contribution in [3.8, 4) is 5.75 Å². The van der Waals surface area contributed by atoms with Gasteiger partial charge in [-0.05, 0) is 29.1 Å². The molecule has 27 heavy (non-hydrogen) atoms. The van der Waals surface area contributed by atoms with E-state index in [0.29, 0.717) is 22.4 Å². The standard InChI is InChI=1S/C20H34N2O4Si/c1-14(2)27(15(3)4,16(5)6)26-18-10-11-21(13-18)19-9-8-17(22(23)24)12-20(19)25-7/h8-9,12,14-16,18H,10-11,13H2,1-7H3. The lowest BCUT2D eigenvalue weighted by Gasteiger charge is -2.44. The molecule has 0 radical (unpaired) electrons. The molecular formula is C20H34N2O4Si. The van der Waals surface area contributed by atoms with Crippen LogP contribution in [-0.2, 0) is 4.43 Å². The Morgan fingerprint density at radius 2 is 1.74 bits per heavy atom. The summed E-state index contributed by atoms with van der Waals surface area (Å²) in [5.41, 5.74) is 2.62. The first-order chi connectivity index (χ1) is 12.6. The molecule has 6 nitrogen and oxygen atoms in total. The minimum atomic E-state index is -1.92. The van der Waals surface area contributed by atoms with Crippen LogP contribution in [0.5, 0.6) is 5.75 Å². The predicted octanol–water partition coefficient (Wildman–Crippen LogP) is 5.37. The summed E-state index contributed by atoms with van der Waals surface area (Å²) < 4.78 is 12.3. The fourth-order valence-electron chi connectivity index (χ4n) is 4.78. The molecule has 1 heterocycles. The fourth-order valence-corrected chi connectivity index (χ4v) is 10.4. The number of rotatable bonds is 8. The molecule has 0 spiro atoms. The van der Waals surface area contributed by atoms with Crippen LogP contribution in [0.25, 0.3) is 0 Å². The van der Waals surface area contributed by atoms with Crippen molar-refractivity contribution in [2.75, 3.05) is 25.1 Å². The van der Waals surface area contributed by atoms with Crippen LogP contribution >= 0.6 is 0 Å². The lowest BCUT2D eigenvalue weighted by molar-refractivity contribution is -0.384. The van der Waals surface area contributed by atoms with Gasteiger partial charge >= 0.3 is 0 Å². The van der Waals surface area contributed by atoms with E-state index in [2.05, 4.69) is 46.4 Å². The Hall–Kier alpha value is -1.60. The van der Waals surface area contributed by atoms with Crippen molar-refractivity contribution >= 4 is 19.7 Å². The highest BCUT2D eigenvalue weighted by Crippen LogP contribution is 2.44. The van der Waals surface area contributed by atoms with Crippen molar-refractivity contribution in [3.05, 3.63) is 28.3 Å². The Labute approximate surface area is 164 Å². The van der Waals surface area contributed by atoms with E-state index in [1.165, 1.54) is 6.07 Å². The van der Waals surface area contributed by atoms with Gasteiger partial charge in [-0.3, -0.25) is 10.1 Å². The quantitative estimate of drug-likeness (QED) is 0.337. The Bertz CT molecular complexity index is 642. The molecule has 1 fully saturated rings. The van der Waals surface area contributed by atoms with Gasteiger partial charge in [-0.15, -0.1) is 0 Å². The molecule has 1 aromatic carbocycles. The fraction of sp³-hybridized carbons (Fsp3) is 0.700. The number of nitro groups is 1. The van der Waals surface area contributed by atoms with E-state index in [9.17, 15) is 10.1 Å². The summed E-state index contributed by atoms with van der Waals surface area (Å²) >= 11 is 0. The number of hydrogen-bond donors (Lipinski definition) is 0. The van der Waals surface area contributed by atoms with Gasteiger partial charge in [-0.2, -0.15) is 0 Å². The number of non-ortho nitro benzene ring substituents is 1. The van der Waals surface area contributed by atoms with Crippen LogP contribution < -0.4 is 9.64 Å². The topological polar surface area (TPSA) is 64.8 Å². The highest BCUT2D eigenvalue weighted by atomic mass is 28.4. The van der Waals surface area contributed by atoms with Gasteiger partial charge in [0.05, 0.1) is 29.9 Å². The third-order valence-corrected chi connectivity index (χ3v) is 12.1. The number of methoxy groups -OCH3 is 1. The molecule has 152 valence electrons. The minimum absolute atomic E-state index is 0.0495. The maximum absolute atomic E-state index is 11.0. The monoisotopic (exact) mass is 394 g/mol. The number of ether oxygens (including phenoxy) is 1. The maximum atomic E-state index is 11.0. The summed E-state index contributed by atoms with van der Waals surface area (Å²) in [5, 5.41) is 11.0. The summed E-state index contributed by atoms with van der Waals surface area (Å²) in [6.07, 6.45) is 1.17. The van der Waals surface area contributed by atoms with Crippen molar-refractivity contribution < 1.29 is 14.1 Å². The van der Waals surface area contributed by atoms with Crippen LogP contribution in [-0.4, -0.2) is 39.5 Å². The normalized spacial score (nSPS) is 18.0. The Balaban J connectivity index is 2.20. The van der Waals surface area contributed by atoms with E-state index in [0.717, 1.165) is 25.2 Å². The van der Waals surface area contributed by atoms with E-state index in [1.807, 2.05) is 0 Å². The molecular weight excluding hydrogens is 360 g/mol. The molecule has 1 saturated heterocycles.